The molecule has 4 nitrogen and oxygen atoms in total. The van der Waals surface area contributed by atoms with E-state index in [4.69, 9.17) is 0 Å². The summed E-state index contributed by atoms with van der Waals surface area (Å²) in [6.45, 7) is 2.22. The number of sulfonamides is 1. The van der Waals surface area contributed by atoms with E-state index in [2.05, 4.69) is 9.71 Å². The van der Waals surface area contributed by atoms with Crippen LogP contribution in [0.15, 0.2) is 54.9 Å². The number of benzene rings is 1. The van der Waals surface area contributed by atoms with Crippen LogP contribution in [0.1, 0.15) is 24.0 Å². The SMILES string of the molecule is C[C@@H](CS(=O)(=O)NCc1ccncc1)c1ccccc1. The quantitative estimate of drug-likeness (QED) is 0.888. The van der Waals surface area contributed by atoms with Gasteiger partial charge in [-0.15, -0.1) is 0 Å². The van der Waals surface area contributed by atoms with E-state index in [1.165, 1.54) is 0 Å². The molecule has 0 bridgehead atoms. The van der Waals surface area contributed by atoms with Crippen LogP contribution in [0, 0.1) is 0 Å². The number of nitrogens with one attached hydrogen (secondary N) is 1. The zero-order valence-electron chi connectivity index (χ0n) is 11.4. The number of hydrogen-bond acceptors (Lipinski definition) is 3. The Labute approximate surface area is 119 Å². The first-order chi connectivity index (χ1) is 9.57. The van der Waals surface area contributed by atoms with Gasteiger partial charge in [0.15, 0.2) is 0 Å². The summed E-state index contributed by atoms with van der Waals surface area (Å²) in [4.78, 5) is 3.90. The molecule has 0 aliphatic rings. The fourth-order valence-corrected chi connectivity index (χ4v) is 3.31. The Kier molecular flexibility index (Phi) is 4.87. The largest absolute Gasteiger partial charge is 0.265 e. The fourth-order valence-electron chi connectivity index (χ4n) is 1.96. The van der Waals surface area contributed by atoms with E-state index < -0.39 is 10.0 Å². The number of aromatic nitrogens is 1. The summed E-state index contributed by atoms with van der Waals surface area (Å²) in [6, 6.07) is 13.2. The van der Waals surface area contributed by atoms with Gasteiger partial charge in [0.25, 0.3) is 0 Å². The summed E-state index contributed by atoms with van der Waals surface area (Å²) in [5.41, 5.74) is 1.93. The molecule has 0 saturated heterocycles. The molecule has 2 rings (SSSR count). The van der Waals surface area contributed by atoms with Gasteiger partial charge in [0.1, 0.15) is 0 Å². The molecule has 2 aromatic rings. The van der Waals surface area contributed by atoms with Gasteiger partial charge in [-0.25, -0.2) is 13.1 Å². The van der Waals surface area contributed by atoms with Gasteiger partial charge < -0.3 is 0 Å². The summed E-state index contributed by atoms with van der Waals surface area (Å²) in [5.74, 6) is 0.0494. The van der Waals surface area contributed by atoms with Crippen LogP contribution < -0.4 is 4.72 Å². The van der Waals surface area contributed by atoms with E-state index in [-0.39, 0.29) is 11.7 Å². The Balaban J connectivity index is 1.94. The fraction of sp³-hybridized carbons (Fsp3) is 0.267. The number of hydrogen-bond donors (Lipinski definition) is 1. The second-order valence-corrected chi connectivity index (χ2v) is 6.62. The van der Waals surface area contributed by atoms with Crippen LogP contribution in [-0.4, -0.2) is 19.2 Å². The standard InChI is InChI=1S/C15H18N2O2S/c1-13(15-5-3-2-4-6-15)12-20(18,19)17-11-14-7-9-16-10-8-14/h2-10,13,17H,11-12H2,1H3/t13-/m0/s1. The van der Waals surface area contributed by atoms with Gasteiger partial charge in [0.05, 0.1) is 5.75 Å². The third kappa shape index (κ3) is 4.43. The predicted molar refractivity (Wildman–Crippen MR) is 79.7 cm³/mol. The average Bonchev–Trinajstić information content (AvgIpc) is 2.47. The number of nitrogens with zero attached hydrogens (tertiary/aromatic N) is 1. The van der Waals surface area contributed by atoms with Crippen LogP contribution in [0.4, 0.5) is 0 Å². The van der Waals surface area contributed by atoms with Crippen molar-refractivity contribution in [1.82, 2.24) is 9.71 Å². The Morgan fingerprint density at radius 1 is 1.10 bits per heavy atom. The summed E-state index contributed by atoms with van der Waals surface area (Å²) in [6.07, 6.45) is 3.30. The molecule has 5 heteroatoms. The van der Waals surface area contributed by atoms with E-state index >= 15 is 0 Å². The molecule has 0 unspecified atom stereocenters. The Hall–Kier alpha value is -1.72. The second kappa shape index (κ2) is 6.63. The number of pyridine rings is 1. The van der Waals surface area contributed by atoms with Crippen molar-refractivity contribution in [3.63, 3.8) is 0 Å². The van der Waals surface area contributed by atoms with Crippen LogP contribution in [0.2, 0.25) is 0 Å². The van der Waals surface area contributed by atoms with Crippen molar-refractivity contribution >= 4 is 10.0 Å². The molecule has 1 heterocycles. The lowest BCUT2D eigenvalue weighted by Crippen LogP contribution is -2.28. The summed E-state index contributed by atoms with van der Waals surface area (Å²) in [7, 11) is -3.30. The smallest absolute Gasteiger partial charge is 0.212 e. The van der Waals surface area contributed by atoms with Gasteiger partial charge >= 0.3 is 0 Å². The van der Waals surface area contributed by atoms with Crippen molar-refractivity contribution in [2.75, 3.05) is 5.75 Å². The molecule has 1 N–H and O–H groups in total. The van der Waals surface area contributed by atoms with Crippen LogP contribution in [0.25, 0.3) is 0 Å². The first kappa shape index (κ1) is 14.7. The summed E-state index contributed by atoms with van der Waals surface area (Å²) in [5, 5.41) is 0. The monoisotopic (exact) mass is 290 g/mol. The Morgan fingerprint density at radius 3 is 2.40 bits per heavy atom. The van der Waals surface area contributed by atoms with Crippen molar-refractivity contribution < 1.29 is 8.42 Å². The highest BCUT2D eigenvalue weighted by Crippen LogP contribution is 2.16. The minimum Gasteiger partial charge on any atom is -0.265 e. The first-order valence-corrected chi connectivity index (χ1v) is 8.13. The molecular weight excluding hydrogens is 272 g/mol. The third-order valence-corrected chi connectivity index (χ3v) is 4.61. The zero-order valence-corrected chi connectivity index (χ0v) is 12.2. The molecule has 0 aliphatic carbocycles. The molecular formula is C15H18N2O2S. The van der Waals surface area contributed by atoms with Crippen LogP contribution in [0.3, 0.4) is 0 Å². The second-order valence-electron chi connectivity index (χ2n) is 4.77. The van der Waals surface area contributed by atoms with Gasteiger partial charge in [-0.3, -0.25) is 4.98 Å². The van der Waals surface area contributed by atoms with Gasteiger partial charge in [-0.1, -0.05) is 37.3 Å². The molecule has 106 valence electrons. The van der Waals surface area contributed by atoms with E-state index in [0.717, 1.165) is 11.1 Å². The van der Waals surface area contributed by atoms with Crippen LogP contribution in [0.5, 0.6) is 0 Å². The van der Waals surface area contributed by atoms with Gasteiger partial charge in [-0.2, -0.15) is 0 Å². The molecule has 1 aromatic heterocycles. The summed E-state index contributed by atoms with van der Waals surface area (Å²) < 4.78 is 26.7. The molecule has 1 atom stereocenters. The van der Waals surface area contributed by atoms with Crippen molar-refractivity contribution in [3.05, 3.63) is 66.0 Å². The highest BCUT2D eigenvalue weighted by Gasteiger charge is 2.16. The third-order valence-electron chi connectivity index (χ3n) is 3.08. The lowest BCUT2D eigenvalue weighted by molar-refractivity contribution is 0.575. The maximum Gasteiger partial charge on any atom is 0.212 e. The van der Waals surface area contributed by atoms with Gasteiger partial charge in [0, 0.05) is 18.9 Å². The average molecular weight is 290 g/mol. The highest BCUT2D eigenvalue weighted by atomic mass is 32.2. The van der Waals surface area contributed by atoms with Crippen molar-refractivity contribution in [2.45, 2.75) is 19.4 Å². The van der Waals surface area contributed by atoms with E-state index in [1.54, 1.807) is 24.5 Å². The highest BCUT2D eigenvalue weighted by molar-refractivity contribution is 7.89. The Bertz CT molecular complexity index is 627. The summed E-state index contributed by atoms with van der Waals surface area (Å²) >= 11 is 0. The van der Waals surface area contributed by atoms with Crippen molar-refractivity contribution in [1.29, 1.82) is 0 Å². The van der Waals surface area contributed by atoms with Gasteiger partial charge in [-0.05, 0) is 29.2 Å². The zero-order chi connectivity index (χ0) is 14.4. The maximum absolute atomic E-state index is 12.1. The van der Waals surface area contributed by atoms with Crippen molar-refractivity contribution in [2.24, 2.45) is 0 Å². The molecule has 0 fully saturated rings. The topological polar surface area (TPSA) is 59.1 Å². The first-order valence-electron chi connectivity index (χ1n) is 6.48. The lowest BCUT2D eigenvalue weighted by Gasteiger charge is -2.13. The molecule has 20 heavy (non-hydrogen) atoms. The van der Waals surface area contributed by atoms with Crippen LogP contribution >= 0.6 is 0 Å². The molecule has 0 radical (unpaired) electrons. The van der Waals surface area contributed by atoms with E-state index in [1.807, 2.05) is 37.3 Å². The van der Waals surface area contributed by atoms with Crippen LogP contribution in [-0.2, 0) is 16.6 Å². The van der Waals surface area contributed by atoms with E-state index in [9.17, 15) is 8.42 Å². The predicted octanol–water partition coefficient (Wildman–Crippen LogP) is 2.30. The van der Waals surface area contributed by atoms with Crippen molar-refractivity contribution in [3.8, 4) is 0 Å². The molecule has 1 aromatic carbocycles. The normalized spacial score (nSPS) is 13.1. The molecule has 0 amide bonds. The minimum absolute atomic E-state index is 0.0360. The maximum atomic E-state index is 12.1. The lowest BCUT2D eigenvalue weighted by atomic mass is 10.0. The molecule has 0 saturated carbocycles. The van der Waals surface area contributed by atoms with Gasteiger partial charge in [0.2, 0.25) is 10.0 Å². The van der Waals surface area contributed by atoms with E-state index in [0.29, 0.717) is 6.54 Å². The molecule has 0 spiro atoms. The minimum atomic E-state index is -3.30. The Morgan fingerprint density at radius 2 is 1.75 bits per heavy atom. The number of rotatable bonds is 6. The molecule has 0 aliphatic heterocycles.